The fourth-order valence-electron chi connectivity index (χ4n) is 1.64. The summed E-state index contributed by atoms with van der Waals surface area (Å²) >= 11 is 0. The number of anilines is 1. The molecule has 0 fully saturated rings. The van der Waals surface area contributed by atoms with E-state index in [9.17, 15) is 0 Å². The molecule has 96 valence electrons. The highest BCUT2D eigenvalue weighted by Gasteiger charge is 2.05. The van der Waals surface area contributed by atoms with Crippen molar-refractivity contribution in [3.8, 4) is 5.75 Å². The van der Waals surface area contributed by atoms with Crippen molar-refractivity contribution in [2.24, 2.45) is 0 Å². The first-order valence-electron chi connectivity index (χ1n) is 6.08. The summed E-state index contributed by atoms with van der Waals surface area (Å²) in [5.41, 5.74) is 7.56. The van der Waals surface area contributed by atoms with Gasteiger partial charge in [-0.15, -0.1) is 0 Å². The molecule has 0 unspecified atom stereocenters. The Bertz CT molecular complexity index is 479. The van der Waals surface area contributed by atoms with Crippen LogP contribution in [0.25, 0.3) is 0 Å². The largest absolute Gasteiger partial charge is 0.494 e. The quantitative estimate of drug-likeness (QED) is 0.792. The molecule has 5 heteroatoms. The standard InChI is InChI=1S/C13H17N3O2/c1-2-10-5-7-11(8-6-10)17-9-3-4-12-13(14)16-18-15-12/h5-8H,2-4,9H2,1H3,(H2,14,16). The molecule has 0 saturated carbocycles. The third kappa shape index (κ3) is 3.23. The normalized spacial score (nSPS) is 10.5. The van der Waals surface area contributed by atoms with Gasteiger partial charge in [0.1, 0.15) is 11.4 Å². The molecule has 0 amide bonds. The number of ether oxygens (including phenoxy) is 1. The van der Waals surface area contributed by atoms with Crippen molar-refractivity contribution in [1.29, 1.82) is 0 Å². The van der Waals surface area contributed by atoms with E-state index in [4.69, 9.17) is 10.5 Å². The second-order valence-electron chi connectivity index (χ2n) is 4.05. The van der Waals surface area contributed by atoms with Crippen molar-refractivity contribution < 1.29 is 9.37 Å². The molecule has 5 nitrogen and oxygen atoms in total. The third-order valence-corrected chi connectivity index (χ3v) is 2.74. The Morgan fingerprint density at radius 1 is 1.22 bits per heavy atom. The highest BCUT2D eigenvalue weighted by Crippen LogP contribution is 2.13. The number of nitrogens with two attached hydrogens (primary N) is 1. The average Bonchev–Trinajstić information content (AvgIpc) is 2.81. The molecule has 1 aromatic heterocycles. The predicted octanol–water partition coefficient (Wildman–Crippen LogP) is 2.23. The van der Waals surface area contributed by atoms with Gasteiger partial charge in [0.25, 0.3) is 0 Å². The first-order chi connectivity index (χ1) is 8.79. The fourth-order valence-corrected chi connectivity index (χ4v) is 1.64. The highest BCUT2D eigenvalue weighted by atomic mass is 16.6. The molecule has 1 aromatic carbocycles. The summed E-state index contributed by atoms with van der Waals surface area (Å²) in [4.78, 5) is 0. The van der Waals surface area contributed by atoms with Crippen molar-refractivity contribution in [1.82, 2.24) is 10.3 Å². The second kappa shape index (κ2) is 6.05. The molecular weight excluding hydrogens is 230 g/mol. The maximum absolute atomic E-state index is 5.62. The summed E-state index contributed by atoms with van der Waals surface area (Å²) in [6, 6.07) is 8.14. The van der Waals surface area contributed by atoms with Gasteiger partial charge >= 0.3 is 0 Å². The van der Waals surface area contributed by atoms with Crippen LogP contribution in [0.1, 0.15) is 24.6 Å². The molecule has 0 atom stereocenters. The summed E-state index contributed by atoms with van der Waals surface area (Å²) < 4.78 is 10.1. The fraction of sp³-hybridized carbons (Fsp3) is 0.385. The Kier molecular flexibility index (Phi) is 4.17. The molecule has 2 aromatic rings. The number of nitrogen functional groups attached to an aromatic ring is 1. The molecule has 0 bridgehead atoms. The predicted molar refractivity (Wildman–Crippen MR) is 68.3 cm³/mol. The zero-order valence-corrected chi connectivity index (χ0v) is 10.4. The summed E-state index contributed by atoms with van der Waals surface area (Å²) in [6.07, 6.45) is 2.58. The zero-order valence-electron chi connectivity index (χ0n) is 10.4. The monoisotopic (exact) mass is 247 g/mol. The highest BCUT2D eigenvalue weighted by molar-refractivity contribution is 5.31. The summed E-state index contributed by atoms with van der Waals surface area (Å²) in [6.45, 7) is 2.75. The molecule has 18 heavy (non-hydrogen) atoms. The van der Waals surface area contributed by atoms with Crippen LogP contribution in [0.5, 0.6) is 5.75 Å². The number of benzene rings is 1. The van der Waals surface area contributed by atoms with Gasteiger partial charge in [0.05, 0.1) is 6.61 Å². The molecule has 1 heterocycles. The van der Waals surface area contributed by atoms with E-state index < -0.39 is 0 Å². The van der Waals surface area contributed by atoms with Crippen LogP contribution in [0.2, 0.25) is 0 Å². The number of aromatic nitrogens is 2. The third-order valence-electron chi connectivity index (χ3n) is 2.74. The SMILES string of the molecule is CCc1ccc(OCCCc2nonc2N)cc1. The van der Waals surface area contributed by atoms with Gasteiger partial charge in [-0.2, -0.15) is 0 Å². The topological polar surface area (TPSA) is 74.2 Å². The van der Waals surface area contributed by atoms with Gasteiger partial charge in [-0.05, 0) is 35.7 Å². The van der Waals surface area contributed by atoms with Gasteiger partial charge in [0, 0.05) is 6.42 Å². The molecule has 0 spiro atoms. The smallest absolute Gasteiger partial charge is 0.191 e. The van der Waals surface area contributed by atoms with Crippen LogP contribution < -0.4 is 10.5 Å². The van der Waals surface area contributed by atoms with E-state index in [1.54, 1.807) is 0 Å². The zero-order chi connectivity index (χ0) is 12.8. The van der Waals surface area contributed by atoms with Crippen LogP contribution >= 0.6 is 0 Å². The van der Waals surface area contributed by atoms with Crippen molar-refractivity contribution >= 4 is 5.82 Å². The second-order valence-corrected chi connectivity index (χ2v) is 4.05. The van der Waals surface area contributed by atoms with Crippen LogP contribution in [-0.2, 0) is 12.8 Å². The van der Waals surface area contributed by atoms with Gasteiger partial charge in [-0.3, -0.25) is 0 Å². The van der Waals surface area contributed by atoms with Gasteiger partial charge < -0.3 is 10.5 Å². The van der Waals surface area contributed by atoms with Crippen LogP contribution in [0, 0.1) is 0 Å². The summed E-state index contributed by atoms with van der Waals surface area (Å²) in [7, 11) is 0. The van der Waals surface area contributed by atoms with Gasteiger partial charge in [0.2, 0.25) is 0 Å². The van der Waals surface area contributed by atoms with Crippen molar-refractivity contribution in [3.05, 3.63) is 35.5 Å². The number of aryl methyl sites for hydroxylation is 2. The van der Waals surface area contributed by atoms with Crippen LogP contribution in [0.15, 0.2) is 28.9 Å². The minimum Gasteiger partial charge on any atom is -0.494 e. The minimum atomic E-state index is 0.363. The Labute approximate surface area is 106 Å². The Balaban J connectivity index is 1.73. The molecule has 0 aliphatic rings. The molecule has 2 N–H and O–H groups in total. The summed E-state index contributed by atoms with van der Waals surface area (Å²) in [5, 5.41) is 7.24. The number of hydrogen-bond acceptors (Lipinski definition) is 5. The number of nitrogens with zero attached hydrogens (tertiary/aromatic N) is 2. The molecular formula is C13H17N3O2. The lowest BCUT2D eigenvalue weighted by molar-refractivity contribution is 0.296. The van der Waals surface area contributed by atoms with E-state index in [0.29, 0.717) is 24.5 Å². The van der Waals surface area contributed by atoms with Crippen molar-refractivity contribution in [2.45, 2.75) is 26.2 Å². The summed E-state index contributed by atoms with van der Waals surface area (Å²) in [5.74, 6) is 1.25. The van der Waals surface area contributed by atoms with E-state index >= 15 is 0 Å². The van der Waals surface area contributed by atoms with Gasteiger partial charge in [-0.25, -0.2) is 4.63 Å². The van der Waals surface area contributed by atoms with Crippen LogP contribution in [0.3, 0.4) is 0 Å². The number of rotatable bonds is 6. The van der Waals surface area contributed by atoms with Crippen LogP contribution in [0.4, 0.5) is 5.82 Å². The lowest BCUT2D eigenvalue weighted by Crippen LogP contribution is -2.01. The Hall–Kier alpha value is -2.04. The minimum absolute atomic E-state index is 0.363. The molecule has 0 aliphatic heterocycles. The van der Waals surface area contributed by atoms with E-state index in [1.807, 2.05) is 12.1 Å². The average molecular weight is 247 g/mol. The maximum Gasteiger partial charge on any atom is 0.191 e. The van der Waals surface area contributed by atoms with Crippen molar-refractivity contribution in [2.75, 3.05) is 12.3 Å². The Morgan fingerprint density at radius 3 is 2.61 bits per heavy atom. The lowest BCUT2D eigenvalue weighted by atomic mass is 10.2. The van der Waals surface area contributed by atoms with Gasteiger partial charge in [0.15, 0.2) is 5.82 Å². The van der Waals surface area contributed by atoms with Crippen LogP contribution in [-0.4, -0.2) is 16.9 Å². The van der Waals surface area contributed by atoms with E-state index in [-0.39, 0.29) is 0 Å². The van der Waals surface area contributed by atoms with Gasteiger partial charge in [-0.1, -0.05) is 24.2 Å². The molecule has 0 radical (unpaired) electrons. The first-order valence-corrected chi connectivity index (χ1v) is 6.08. The van der Waals surface area contributed by atoms with Crippen molar-refractivity contribution in [3.63, 3.8) is 0 Å². The maximum atomic E-state index is 5.62. The van der Waals surface area contributed by atoms with E-state index in [2.05, 4.69) is 34.0 Å². The van der Waals surface area contributed by atoms with E-state index in [0.717, 1.165) is 18.6 Å². The first kappa shape index (κ1) is 12.4. The lowest BCUT2D eigenvalue weighted by Gasteiger charge is -2.05. The molecule has 2 rings (SSSR count). The van der Waals surface area contributed by atoms with E-state index in [1.165, 1.54) is 5.56 Å². The Morgan fingerprint density at radius 2 is 2.00 bits per heavy atom. The molecule has 0 saturated heterocycles. The number of hydrogen-bond donors (Lipinski definition) is 1. The molecule has 0 aliphatic carbocycles.